The van der Waals surface area contributed by atoms with Crippen LogP contribution in [0.5, 0.6) is 0 Å². The van der Waals surface area contributed by atoms with E-state index in [1.165, 1.54) is 4.90 Å². The molecule has 3 atom stereocenters. The van der Waals surface area contributed by atoms with Gasteiger partial charge in [-0.2, -0.15) is 0 Å². The Balaban J connectivity index is 1.48. The summed E-state index contributed by atoms with van der Waals surface area (Å²) >= 11 is 5.97. The van der Waals surface area contributed by atoms with Gasteiger partial charge >= 0.3 is 6.03 Å². The van der Waals surface area contributed by atoms with Crippen LogP contribution in [0.3, 0.4) is 0 Å². The number of fused-ring (bicyclic) bond motifs is 1. The number of piperazine rings is 1. The number of nitrogens with one attached hydrogen (secondary N) is 2. The summed E-state index contributed by atoms with van der Waals surface area (Å²) in [6.07, 6.45) is 0.319. The lowest BCUT2D eigenvalue weighted by molar-refractivity contribution is -0.148. The highest BCUT2D eigenvalue weighted by molar-refractivity contribution is 6.30. The zero-order valence-corrected chi connectivity index (χ0v) is 19.5. The number of carbonyl (C=O) groups excluding carboxylic acids is 4. The number of amides is 5. The molecule has 4 rings (SSSR count). The maximum atomic E-state index is 13.5. The Kier molecular flexibility index (Phi) is 6.87. The molecule has 0 saturated carbocycles. The van der Waals surface area contributed by atoms with Gasteiger partial charge in [-0.15, -0.1) is 0 Å². The normalized spacial score (nSPS) is 26.3. The Hall–Kier alpha value is -2.69. The molecule has 33 heavy (non-hydrogen) atoms. The average Bonchev–Trinajstić information content (AvgIpc) is 2.80. The lowest BCUT2D eigenvalue weighted by Crippen LogP contribution is -2.72. The number of nitrogens with zero attached hydrogens (tertiary/aromatic N) is 4. The third-order valence-electron chi connectivity index (χ3n) is 6.69. The summed E-state index contributed by atoms with van der Waals surface area (Å²) in [6.45, 7) is 4.45. The molecule has 0 aromatic heterocycles. The second kappa shape index (κ2) is 9.66. The number of hydrogen-bond acceptors (Lipinski definition) is 6. The highest BCUT2D eigenvalue weighted by atomic mass is 35.5. The molecule has 0 aliphatic carbocycles. The van der Waals surface area contributed by atoms with E-state index in [-0.39, 0.29) is 24.4 Å². The third kappa shape index (κ3) is 4.83. The summed E-state index contributed by atoms with van der Waals surface area (Å²) in [5.41, 5.74) is 0.496. The maximum Gasteiger partial charge on any atom is 0.328 e. The Morgan fingerprint density at radius 2 is 1.91 bits per heavy atom. The van der Waals surface area contributed by atoms with Gasteiger partial charge in [0.25, 0.3) is 0 Å². The molecule has 3 aliphatic rings. The number of piperidine rings is 1. The fourth-order valence-electron chi connectivity index (χ4n) is 4.99. The number of imide groups is 1. The first kappa shape index (κ1) is 23.5. The van der Waals surface area contributed by atoms with Gasteiger partial charge in [-0.05, 0) is 31.2 Å². The first-order valence-electron chi connectivity index (χ1n) is 11.1. The molecule has 3 saturated heterocycles. The van der Waals surface area contributed by atoms with Crippen LogP contribution in [0.25, 0.3) is 0 Å². The third-order valence-corrected chi connectivity index (χ3v) is 6.92. The van der Waals surface area contributed by atoms with E-state index in [2.05, 4.69) is 15.5 Å². The highest BCUT2D eigenvalue weighted by Crippen LogP contribution is 2.31. The minimum atomic E-state index is -0.503. The molecule has 178 valence electrons. The quantitative estimate of drug-likeness (QED) is 0.660. The highest BCUT2D eigenvalue weighted by Gasteiger charge is 2.51. The summed E-state index contributed by atoms with van der Waals surface area (Å²) < 4.78 is 0. The van der Waals surface area contributed by atoms with Gasteiger partial charge in [-0.3, -0.25) is 29.5 Å². The number of hydrogen-bond donors (Lipinski definition) is 2. The molecule has 0 spiro atoms. The average molecular weight is 477 g/mol. The zero-order valence-electron chi connectivity index (χ0n) is 18.8. The summed E-state index contributed by atoms with van der Waals surface area (Å²) in [5.74, 6) is -1.27. The van der Waals surface area contributed by atoms with Crippen molar-refractivity contribution in [1.29, 1.82) is 0 Å². The van der Waals surface area contributed by atoms with Gasteiger partial charge in [-0.25, -0.2) is 4.79 Å². The number of urea groups is 1. The number of carbonyl (C=O) groups is 4. The van der Waals surface area contributed by atoms with E-state index in [4.69, 9.17) is 11.6 Å². The van der Waals surface area contributed by atoms with Crippen LogP contribution in [-0.2, 0) is 14.4 Å². The first-order valence-corrected chi connectivity index (χ1v) is 11.5. The fraction of sp³-hybridized carbons (Fsp3) is 0.545. The van der Waals surface area contributed by atoms with Crippen molar-refractivity contribution in [3.8, 4) is 0 Å². The van der Waals surface area contributed by atoms with Crippen molar-refractivity contribution in [3.63, 3.8) is 0 Å². The van der Waals surface area contributed by atoms with Crippen LogP contribution < -0.4 is 10.6 Å². The smallest absolute Gasteiger partial charge is 0.328 e. The number of anilines is 1. The summed E-state index contributed by atoms with van der Waals surface area (Å²) in [7, 11) is 1.65. The van der Waals surface area contributed by atoms with E-state index in [1.807, 2.05) is 0 Å². The van der Waals surface area contributed by atoms with Crippen LogP contribution in [-0.4, -0.2) is 102 Å². The summed E-state index contributed by atoms with van der Waals surface area (Å²) in [6, 6.07) is 6.11. The van der Waals surface area contributed by atoms with Crippen LogP contribution in [0, 0.1) is 5.92 Å². The molecule has 3 unspecified atom stereocenters. The van der Waals surface area contributed by atoms with Gasteiger partial charge in [-0.1, -0.05) is 17.7 Å². The Bertz CT molecular complexity index is 951. The SMILES string of the molecule is CC(=O)N1CCN(C2CCNC3C2C(=O)N(CC(=O)Nc2cccc(Cl)c2)C(=O)N3C)CC1. The van der Waals surface area contributed by atoms with Crippen molar-refractivity contribution in [3.05, 3.63) is 29.3 Å². The minimum Gasteiger partial charge on any atom is -0.340 e. The van der Waals surface area contributed by atoms with E-state index in [9.17, 15) is 19.2 Å². The molecule has 3 heterocycles. The summed E-state index contributed by atoms with van der Waals surface area (Å²) in [5, 5.41) is 6.47. The summed E-state index contributed by atoms with van der Waals surface area (Å²) in [4.78, 5) is 57.4. The van der Waals surface area contributed by atoms with Gasteiger partial charge < -0.3 is 15.1 Å². The van der Waals surface area contributed by atoms with Crippen LogP contribution in [0.2, 0.25) is 5.02 Å². The van der Waals surface area contributed by atoms with E-state index >= 15 is 0 Å². The molecule has 2 N–H and O–H groups in total. The minimum absolute atomic E-state index is 0.0498. The number of rotatable bonds is 4. The predicted octanol–water partition coefficient (Wildman–Crippen LogP) is 0.641. The van der Waals surface area contributed by atoms with Crippen LogP contribution in [0.1, 0.15) is 13.3 Å². The van der Waals surface area contributed by atoms with Crippen LogP contribution >= 0.6 is 11.6 Å². The van der Waals surface area contributed by atoms with Crippen molar-refractivity contribution in [1.82, 2.24) is 24.9 Å². The topological polar surface area (TPSA) is 105 Å². The molecular weight excluding hydrogens is 448 g/mol. The van der Waals surface area contributed by atoms with Crippen molar-refractivity contribution < 1.29 is 19.2 Å². The van der Waals surface area contributed by atoms with Crippen molar-refractivity contribution in [2.45, 2.75) is 25.6 Å². The Morgan fingerprint density at radius 3 is 2.58 bits per heavy atom. The molecule has 0 radical (unpaired) electrons. The van der Waals surface area contributed by atoms with Crippen molar-refractivity contribution in [2.75, 3.05) is 51.6 Å². The predicted molar refractivity (Wildman–Crippen MR) is 122 cm³/mol. The zero-order chi connectivity index (χ0) is 23.7. The molecule has 1 aromatic carbocycles. The van der Waals surface area contributed by atoms with E-state index in [1.54, 1.807) is 43.1 Å². The standard InChI is InChI=1S/C22H29ClN6O4/c1-14(30)27-8-10-28(11-9-27)17-6-7-24-20-19(17)21(32)29(22(33)26(20)2)13-18(31)25-16-5-3-4-15(23)12-16/h3-5,12,17,19-20,24H,6-11,13H2,1-2H3,(H,25,31). The van der Waals surface area contributed by atoms with E-state index in [0.717, 1.165) is 11.3 Å². The van der Waals surface area contributed by atoms with Gasteiger partial charge in [0, 0.05) is 56.9 Å². The maximum absolute atomic E-state index is 13.5. The van der Waals surface area contributed by atoms with Gasteiger partial charge in [0.1, 0.15) is 6.54 Å². The van der Waals surface area contributed by atoms with Crippen molar-refractivity contribution in [2.24, 2.45) is 5.92 Å². The molecule has 0 bridgehead atoms. The van der Waals surface area contributed by atoms with Gasteiger partial charge in [0.05, 0.1) is 12.1 Å². The Morgan fingerprint density at radius 1 is 1.18 bits per heavy atom. The second-order valence-corrected chi connectivity index (χ2v) is 9.14. The monoisotopic (exact) mass is 476 g/mol. The van der Waals surface area contributed by atoms with E-state index in [0.29, 0.717) is 43.4 Å². The molecule has 3 aliphatic heterocycles. The van der Waals surface area contributed by atoms with E-state index < -0.39 is 24.0 Å². The van der Waals surface area contributed by atoms with Crippen LogP contribution in [0.15, 0.2) is 24.3 Å². The fourth-order valence-corrected chi connectivity index (χ4v) is 5.18. The molecule has 1 aromatic rings. The number of halogens is 1. The molecule has 5 amide bonds. The number of benzene rings is 1. The first-order chi connectivity index (χ1) is 15.8. The molecular formula is C22H29ClN6O4. The van der Waals surface area contributed by atoms with Crippen molar-refractivity contribution >= 4 is 41.0 Å². The second-order valence-electron chi connectivity index (χ2n) is 8.70. The lowest BCUT2D eigenvalue weighted by Gasteiger charge is -2.52. The van der Waals surface area contributed by atoms with Gasteiger partial charge in [0.2, 0.25) is 17.7 Å². The molecule has 10 nitrogen and oxygen atoms in total. The van der Waals surface area contributed by atoms with Gasteiger partial charge in [0.15, 0.2) is 0 Å². The lowest BCUT2D eigenvalue weighted by atomic mass is 9.85. The Labute approximate surface area is 197 Å². The van der Waals surface area contributed by atoms with Crippen LogP contribution in [0.4, 0.5) is 10.5 Å². The molecule has 11 heteroatoms. The molecule has 3 fully saturated rings. The largest absolute Gasteiger partial charge is 0.340 e.